The van der Waals surface area contributed by atoms with Crippen LogP contribution in [0.3, 0.4) is 0 Å². The van der Waals surface area contributed by atoms with E-state index in [9.17, 15) is 0 Å². The lowest BCUT2D eigenvalue weighted by Crippen LogP contribution is -2.13. The molecular weight excluding hydrogens is 434 g/mol. The molecule has 0 aliphatic carbocycles. The normalized spacial score (nSPS) is 10.3. The van der Waals surface area contributed by atoms with Crippen LogP contribution in [0.15, 0.2) is 36.4 Å². The van der Waals surface area contributed by atoms with Gasteiger partial charge in [-0.15, -0.1) is 12.4 Å². The van der Waals surface area contributed by atoms with Gasteiger partial charge in [-0.3, -0.25) is 9.98 Å². The summed E-state index contributed by atoms with van der Waals surface area (Å²) in [5, 5.41) is 12.9. The van der Waals surface area contributed by atoms with Gasteiger partial charge in [0.1, 0.15) is 0 Å². The molecule has 3 aromatic rings. The van der Waals surface area contributed by atoms with Gasteiger partial charge < -0.3 is 5.32 Å². The van der Waals surface area contributed by atoms with Gasteiger partial charge in [0, 0.05) is 17.2 Å². The Hall–Kier alpha value is -0.950. The molecule has 0 bridgehead atoms. The van der Waals surface area contributed by atoms with Crippen molar-refractivity contribution in [1.82, 2.24) is 8.94 Å². The van der Waals surface area contributed by atoms with Crippen LogP contribution in [0.25, 0.3) is 5.69 Å². The summed E-state index contributed by atoms with van der Waals surface area (Å²) in [6.45, 7) is 0. The molecule has 0 saturated carbocycles. The van der Waals surface area contributed by atoms with Crippen molar-refractivity contribution in [3.63, 3.8) is 0 Å². The number of hydrogen-bond donors (Lipinski definition) is 2. The molecule has 0 spiro atoms. The average molecular weight is 443 g/mol. The van der Waals surface area contributed by atoms with Crippen molar-refractivity contribution < 1.29 is 0 Å². The summed E-state index contributed by atoms with van der Waals surface area (Å²) < 4.78 is 5.87. The van der Waals surface area contributed by atoms with Crippen LogP contribution in [0.5, 0.6) is 0 Å². The van der Waals surface area contributed by atoms with Crippen molar-refractivity contribution in [1.29, 1.82) is 5.41 Å². The maximum atomic E-state index is 8.05. The van der Waals surface area contributed by atoms with Gasteiger partial charge in [-0.25, -0.2) is 0 Å². The molecule has 0 saturated heterocycles. The van der Waals surface area contributed by atoms with Gasteiger partial charge in [-0.1, -0.05) is 46.4 Å². The van der Waals surface area contributed by atoms with Gasteiger partial charge in [0.05, 0.1) is 25.8 Å². The molecule has 2 N–H and O–H groups in total. The fraction of sp³-hybridized carbons (Fsp3) is 0. The molecule has 4 nitrogen and oxygen atoms in total. The Morgan fingerprint density at radius 3 is 2.17 bits per heavy atom. The third-order valence-electron chi connectivity index (χ3n) is 2.97. The van der Waals surface area contributed by atoms with E-state index in [-0.39, 0.29) is 17.2 Å². The largest absolute Gasteiger partial charge is 0.324 e. The van der Waals surface area contributed by atoms with Crippen molar-refractivity contribution in [2.45, 2.75) is 0 Å². The van der Waals surface area contributed by atoms with Crippen molar-refractivity contribution >= 4 is 82.0 Å². The average Bonchev–Trinajstić information content (AvgIpc) is 2.87. The number of aromatic nitrogens is 2. The number of benzene rings is 2. The molecule has 24 heavy (non-hydrogen) atoms. The number of halogens is 5. The molecule has 0 unspecified atom stereocenters. The Labute approximate surface area is 168 Å². The third kappa shape index (κ3) is 3.99. The lowest BCUT2D eigenvalue weighted by molar-refractivity contribution is 0.973. The summed E-state index contributed by atoms with van der Waals surface area (Å²) >= 11 is 25.0. The Kier molecular flexibility index (Phi) is 6.42. The molecular formula is C14H9Cl5N4S. The van der Waals surface area contributed by atoms with Crippen molar-refractivity contribution in [2.24, 2.45) is 0 Å². The number of anilines is 2. The minimum absolute atomic E-state index is 0. The molecule has 3 rings (SSSR count). The number of rotatable bonds is 3. The van der Waals surface area contributed by atoms with Crippen LogP contribution in [0.4, 0.5) is 11.6 Å². The molecule has 2 aromatic carbocycles. The summed E-state index contributed by atoms with van der Waals surface area (Å²) in [7, 11) is 0. The molecule has 126 valence electrons. The van der Waals surface area contributed by atoms with Gasteiger partial charge in [0.25, 0.3) is 0 Å². The Morgan fingerprint density at radius 2 is 1.54 bits per heavy atom. The second kappa shape index (κ2) is 7.95. The molecule has 0 atom stereocenters. The number of hydrogen-bond acceptors (Lipinski definition) is 4. The molecule has 0 aliphatic rings. The van der Waals surface area contributed by atoms with Crippen LogP contribution >= 0.6 is 70.3 Å². The lowest BCUT2D eigenvalue weighted by atomic mass is 10.3. The Bertz CT molecular complexity index is 937. The first-order chi connectivity index (χ1) is 11.0. The first-order valence-corrected chi connectivity index (χ1v) is 8.55. The molecule has 1 aromatic heterocycles. The highest BCUT2D eigenvalue weighted by Crippen LogP contribution is 2.28. The van der Waals surface area contributed by atoms with Crippen LogP contribution in [-0.2, 0) is 0 Å². The van der Waals surface area contributed by atoms with E-state index in [1.165, 1.54) is 0 Å². The molecule has 1 heterocycles. The van der Waals surface area contributed by atoms with Crippen LogP contribution in [0.1, 0.15) is 0 Å². The SMILES string of the molecule is Cl.N=c1snc(Nc2ccc(Cl)c(Cl)c2)n1-c1ccc(Cl)c(Cl)c1. The zero-order valence-corrected chi connectivity index (χ0v) is 16.3. The van der Waals surface area contributed by atoms with E-state index in [1.807, 2.05) is 0 Å². The highest BCUT2D eigenvalue weighted by Gasteiger charge is 2.11. The molecule has 0 amide bonds. The minimum Gasteiger partial charge on any atom is -0.324 e. The quantitative estimate of drug-likeness (QED) is 0.508. The molecule has 0 aliphatic heterocycles. The highest BCUT2D eigenvalue weighted by atomic mass is 35.5. The standard InChI is InChI=1S/C14H8Cl4N4S.ClH/c15-9-3-1-7(5-11(9)17)20-14-21-23-13(19)22(14)8-2-4-10(16)12(18)6-8;/h1-6,19H,(H,20,21);1H. The summed E-state index contributed by atoms with van der Waals surface area (Å²) in [4.78, 5) is 0.242. The predicted molar refractivity (Wildman–Crippen MR) is 104 cm³/mol. The summed E-state index contributed by atoms with van der Waals surface area (Å²) in [6.07, 6.45) is 0. The van der Waals surface area contributed by atoms with Gasteiger partial charge in [-0.2, -0.15) is 4.37 Å². The first-order valence-electron chi connectivity index (χ1n) is 6.26. The van der Waals surface area contributed by atoms with Crippen molar-refractivity contribution in [3.05, 3.63) is 61.3 Å². The van der Waals surface area contributed by atoms with Crippen molar-refractivity contribution in [3.8, 4) is 5.69 Å². The maximum absolute atomic E-state index is 8.05. The summed E-state index contributed by atoms with van der Waals surface area (Å²) in [5.41, 5.74) is 1.39. The van der Waals surface area contributed by atoms with Crippen LogP contribution in [0, 0.1) is 5.41 Å². The van der Waals surface area contributed by atoms with Crippen molar-refractivity contribution in [2.75, 3.05) is 5.32 Å². The van der Waals surface area contributed by atoms with E-state index in [0.29, 0.717) is 37.4 Å². The van der Waals surface area contributed by atoms with Gasteiger partial charge in [0.2, 0.25) is 10.7 Å². The molecule has 10 heteroatoms. The van der Waals surface area contributed by atoms with Crippen LogP contribution in [-0.4, -0.2) is 8.94 Å². The van der Waals surface area contributed by atoms with E-state index >= 15 is 0 Å². The number of nitrogens with one attached hydrogen (secondary N) is 2. The van der Waals surface area contributed by atoms with E-state index in [1.54, 1.807) is 41.0 Å². The predicted octanol–water partition coefficient (Wildman–Crippen LogP) is 6.19. The minimum atomic E-state index is 0. The third-order valence-corrected chi connectivity index (χ3v) is 5.07. The van der Waals surface area contributed by atoms with Crippen LogP contribution < -0.4 is 10.1 Å². The topological polar surface area (TPSA) is 53.7 Å². The molecule has 0 fully saturated rings. The van der Waals surface area contributed by atoms with Crippen LogP contribution in [0.2, 0.25) is 20.1 Å². The fourth-order valence-corrected chi connectivity index (χ4v) is 3.07. The lowest BCUT2D eigenvalue weighted by Gasteiger charge is -2.10. The van der Waals surface area contributed by atoms with Gasteiger partial charge >= 0.3 is 0 Å². The first kappa shape index (κ1) is 19.4. The maximum Gasteiger partial charge on any atom is 0.225 e. The fourth-order valence-electron chi connectivity index (χ4n) is 1.91. The Balaban J connectivity index is 0.00000208. The second-order valence-corrected chi connectivity index (χ2v) is 6.88. The van der Waals surface area contributed by atoms with E-state index < -0.39 is 0 Å². The summed E-state index contributed by atoms with van der Waals surface area (Å²) in [6, 6.07) is 10.3. The molecule has 0 radical (unpaired) electrons. The zero-order valence-electron chi connectivity index (χ0n) is 11.7. The second-order valence-electron chi connectivity index (χ2n) is 4.50. The smallest absolute Gasteiger partial charge is 0.225 e. The number of nitrogens with zero attached hydrogens (tertiary/aromatic N) is 2. The Morgan fingerprint density at radius 1 is 0.917 bits per heavy atom. The highest BCUT2D eigenvalue weighted by molar-refractivity contribution is 7.03. The van der Waals surface area contributed by atoms with Gasteiger partial charge in [-0.05, 0) is 36.4 Å². The monoisotopic (exact) mass is 440 g/mol. The summed E-state index contributed by atoms with van der Waals surface area (Å²) in [5.74, 6) is 0.469. The van der Waals surface area contributed by atoms with E-state index in [2.05, 4.69) is 9.69 Å². The van der Waals surface area contributed by atoms with Gasteiger partial charge in [0.15, 0.2) is 0 Å². The van der Waals surface area contributed by atoms with E-state index in [4.69, 9.17) is 51.8 Å². The zero-order chi connectivity index (χ0) is 16.6. The van der Waals surface area contributed by atoms with E-state index in [0.717, 1.165) is 11.5 Å².